The zero-order chi connectivity index (χ0) is 8.55. The molecule has 0 spiro atoms. The lowest BCUT2D eigenvalue weighted by molar-refractivity contribution is -0.118. The summed E-state index contributed by atoms with van der Waals surface area (Å²) in [4.78, 5) is 18.8. The second-order valence-electron chi connectivity index (χ2n) is 2.47. The lowest BCUT2D eigenvalue weighted by Gasteiger charge is -2.16. The highest BCUT2D eigenvalue weighted by Gasteiger charge is 2.26. The van der Waals surface area contributed by atoms with Crippen molar-refractivity contribution in [2.45, 2.75) is 0 Å². The first-order chi connectivity index (χ1) is 5.79. The molecule has 60 valence electrons. The highest BCUT2D eigenvalue weighted by atomic mass is 79.9. The van der Waals surface area contributed by atoms with E-state index in [1.165, 1.54) is 6.34 Å². The number of carbonyl (C=O) groups is 1. The Balaban J connectivity index is 2.47. The summed E-state index contributed by atoms with van der Waals surface area (Å²) in [6, 6.07) is 0. The van der Waals surface area contributed by atoms with Crippen LogP contribution in [0.15, 0.2) is 32.7 Å². The molecule has 0 saturated heterocycles. The summed E-state index contributed by atoms with van der Waals surface area (Å²) in [5, 5.41) is 0. The maximum absolute atomic E-state index is 11.2. The lowest BCUT2D eigenvalue weighted by atomic mass is 9.97. The summed E-state index contributed by atoms with van der Waals surface area (Å²) in [6.07, 6.45) is 6.78. The minimum absolute atomic E-state index is 0.152. The molecular formula is C8H5BrN2O. The maximum atomic E-state index is 11.2. The number of hydrogen-bond acceptors (Lipinski definition) is 2. The normalized spacial score (nSPS) is 26.4. The van der Waals surface area contributed by atoms with E-state index in [0.717, 1.165) is 10.2 Å². The van der Waals surface area contributed by atoms with Gasteiger partial charge in [-0.3, -0.25) is 4.79 Å². The minimum Gasteiger partial charge on any atom is -0.271 e. The van der Waals surface area contributed by atoms with Crippen LogP contribution in [-0.2, 0) is 4.79 Å². The molecule has 0 saturated carbocycles. The van der Waals surface area contributed by atoms with Gasteiger partial charge in [0, 0.05) is 4.48 Å². The van der Waals surface area contributed by atoms with Gasteiger partial charge in [0.2, 0.25) is 0 Å². The number of amides is 1. The fraction of sp³-hybridized carbons (Fsp3) is 0.125. The number of carbonyl (C=O) groups excluding carboxylic acids is 1. The largest absolute Gasteiger partial charge is 0.271 e. The second-order valence-corrected chi connectivity index (χ2v) is 3.33. The van der Waals surface area contributed by atoms with E-state index in [0.29, 0.717) is 0 Å². The Morgan fingerprint density at radius 1 is 1.50 bits per heavy atom. The molecule has 0 aromatic rings. The third-order valence-electron chi connectivity index (χ3n) is 1.73. The average molecular weight is 225 g/mol. The van der Waals surface area contributed by atoms with E-state index in [4.69, 9.17) is 0 Å². The van der Waals surface area contributed by atoms with Gasteiger partial charge in [0.05, 0.1) is 5.71 Å². The first kappa shape index (κ1) is 7.61. The number of aliphatic imine (C=N–C) groups is 2. The van der Waals surface area contributed by atoms with Crippen LogP contribution in [0.4, 0.5) is 0 Å². The molecule has 1 aliphatic heterocycles. The molecule has 0 N–H and O–H groups in total. The van der Waals surface area contributed by atoms with Crippen LogP contribution in [0.5, 0.6) is 0 Å². The number of hydrogen-bond donors (Lipinski definition) is 0. The molecule has 0 aromatic carbocycles. The molecule has 0 bridgehead atoms. The van der Waals surface area contributed by atoms with Crippen molar-refractivity contribution in [3.63, 3.8) is 0 Å². The minimum atomic E-state index is -0.283. The van der Waals surface area contributed by atoms with E-state index < -0.39 is 0 Å². The highest BCUT2D eigenvalue weighted by Crippen LogP contribution is 2.23. The average Bonchev–Trinajstić information content (AvgIpc) is 2.07. The summed E-state index contributed by atoms with van der Waals surface area (Å²) in [5.41, 5.74) is 0.748. The first-order valence-electron chi connectivity index (χ1n) is 3.47. The van der Waals surface area contributed by atoms with E-state index >= 15 is 0 Å². The van der Waals surface area contributed by atoms with Crippen molar-refractivity contribution in [1.82, 2.24) is 0 Å². The van der Waals surface area contributed by atoms with Crippen LogP contribution in [0.25, 0.3) is 0 Å². The number of fused-ring (bicyclic) bond motifs is 1. The van der Waals surface area contributed by atoms with Gasteiger partial charge < -0.3 is 0 Å². The number of allylic oxidation sites excluding steroid dienone is 3. The van der Waals surface area contributed by atoms with Crippen LogP contribution < -0.4 is 0 Å². The van der Waals surface area contributed by atoms with Crippen LogP contribution in [0.2, 0.25) is 0 Å². The van der Waals surface area contributed by atoms with Gasteiger partial charge in [-0.2, -0.15) is 0 Å². The molecule has 1 aliphatic carbocycles. The summed E-state index contributed by atoms with van der Waals surface area (Å²) < 4.78 is 0.856. The van der Waals surface area contributed by atoms with Crippen molar-refractivity contribution >= 4 is 33.9 Å². The molecule has 0 radical (unpaired) electrons. The zero-order valence-corrected chi connectivity index (χ0v) is 7.65. The molecule has 1 unspecified atom stereocenters. The SMILES string of the molecule is O=C1N=CN=C2C(Br)=CC=CC12. The van der Waals surface area contributed by atoms with Crippen LogP contribution in [0.1, 0.15) is 0 Å². The van der Waals surface area contributed by atoms with E-state index in [-0.39, 0.29) is 11.8 Å². The molecule has 2 aliphatic rings. The van der Waals surface area contributed by atoms with Crippen LogP contribution in [-0.4, -0.2) is 18.0 Å². The molecule has 12 heavy (non-hydrogen) atoms. The molecule has 3 nitrogen and oxygen atoms in total. The van der Waals surface area contributed by atoms with Gasteiger partial charge >= 0.3 is 0 Å². The summed E-state index contributed by atoms with van der Waals surface area (Å²) in [6.45, 7) is 0. The third-order valence-corrected chi connectivity index (χ3v) is 2.40. The highest BCUT2D eigenvalue weighted by molar-refractivity contribution is 9.12. The number of nitrogens with zero attached hydrogens (tertiary/aromatic N) is 2. The molecule has 1 heterocycles. The van der Waals surface area contributed by atoms with Crippen LogP contribution in [0, 0.1) is 5.92 Å². The van der Waals surface area contributed by atoms with Crippen molar-refractivity contribution in [3.8, 4) is 0 Å². The van der Waals surface area contributed by atoms with E-state index in [1.807, 2.05) is 12.2 Å². The fourth-order valence-corrected chi connectivity index (χ4v) is 1.65. The molecule has 1 atom stereocenters. The second kappa shape index (κ2) is 2.79. The monoisotopic (exact) mass is 224 g/mol. The Kier molecular flexibility index (Phi) is 1.77. The van der Waals surface area contributed by atoms with Gasteiger partial charge in [0.25, 0.3) is 5.91 Å². The van der Waals surface area contributed by atoms with Gasteiger partial charge in [-0.15, -0.1) is 0 Å². The van der Waals surface area contributed by atoms with Crippen molar-refractivity contribution in [1.29, 1.82) is 0 Å². The molecule has 1 amide bonds. The van der Waals surface area contributed by atoms with Crippen LogP contribution >= 0.6 is 15.9 Å². The Morgan fingerprint density at radius 3 is 3.08 bits per heavy atom. The summed E-state index contributed by atoms with van der Waals surface area (Å²) >= 11 is 3.32. The van der Waals surface area contributed by atoms with Crippen molar-refractivity contribution in [3.05, 3.63) is 22.7 Å². The van der Waals surface area contributed by atoms with Gasteiger partial charge in [-0.25, -0.2) is 9.98 Å². The maximum Gasteiger partial charge on any atom is 0.260 e. The Labute approximate surface area is 77.7 Å². The van der Waals surface area contributed by atoms with Crippen molar-refractivity contribution in [2.75, 3.05) is 0 Å². The molecule has 0 fully saturated rings. The van der Waals surface area contributed by atoms with Gasteiger partial charge in [0.15, 0.2) is 0 Å². The Bertz CT molecular complexity index is 352. The van der Waals surface area contributed by atoms with Crippen molar-refractivity contribution in [2.24, 2.45) is 15.9 Å². The summed E-state index contributed by atoms with van der Waals surface area (Å²) in [5.74, 6) is -0.435. The van der Waals surface area contributed by atoms with Gasteiger partial charge in [-0.1, -0.05) is 12.2 Å². The Hall–Kier alpha value is -1.03. The molecule has 0 aromatic heterocycles. The van der Waals surface area contributed by atoms with E-state index in [9.17, 15) is 4.79 Å². The lowest BCUT2D eigenvalue weighted by Crippen LogP contribution is -2.25. The first-order valence-corrected chi connectivity index (χ1v) is 4.27. The smallest absolute Gasteiger partial charge is 0.260 e. The van der Waals surface area contributed by atoms with Gasteiger partial charge in [-0.05, 0) is 22.0 Å². The standard InChI is InChI=1S/C8H5BrN2O/c9-6-3-1-2-5-7(6)10-4-11-8(5)12/h1-5H. The third kappa shape index (κ3) is 1.08. The molecule has 4 heteroatoms. The topological polar surface area (TPSA) is 41.8 Å². The predicted octanol–water partition coefficient (Wildman–Crippen LogP) is 1.46. The Morgan fingerprint density at radius 2 is 2.33 bits per heavy atom. The predicted molar refractivity (Wildman–Crippen MR) is 50.6 cm³/mol. The fourth-order valence-electron chi connectivity index (χ4n) is 1.15. The zero-order valence-electron chi connectivity index (χ0n) is 6.07. The van der Waals surface area contributed by atoms with E-state index in [1.54, 1.807) is 6.08 Å². The number of halogens is 1. The number of rotatable bonds is 0. The van der Waals surface area contributed by atoms with Crippen LogP contribution in [0.3, 0.4) is 0 Å². The molecule has 2 rings (SSSR count). The van der Waals surface area contributed by atoms with Gasteiger partial charge in [0.1, 0.15) is 12.3 Å². The summed E-state index contributed by atoms with van der Waals surface area (Å²) in [7, 11) is 0. The molecular weight excluding hydrogens is 220 g/mol. The van der Waals surface area contributed by atoms with E-state index in [2.05, 4.69) is 25.9 Å². The quantitative estimate of drug-likeness (QED) is 0.615. The van der Waals surface area contributed by atoms with Crippen molar-refractivity contribution < 1.29 is 4.79 Å².